The van der Waals surface area contributed by atoms with Crippen molar-refractivity contribution in [3.63, 3.8) is 0 Å². The van der Waals surface area contributed by atoms with Crippen LogP contribution in [0.3, 0.4) is 0 Å². The van der Waals surface area contributed by atoms with Crippen molar-refractivity contribution in [2.45, 2.75) is 39.8 Å². The van der Waals surface area contributed by atoms with Crippen LogP contribution >= 0.6 is 34.8 Å². The molecule has 168 valence electrons. The van der Waals surface area contributed by atoms with Crippen molar-refractivity contribution in [3.05, 3.63) is 73.3 Å². The maximum Gasteiger partial charge on any atom is 0.251 e. The Morgan fingerprint density at radius 2 is 1.91 bits per heavy atom. The molecule has 0 aliphatic carbocycles. The second kappa shape index (κ2) is 10.4. The molecule has 0 saturated carbocycles. The molecule has 0 aliphatic heterocycles. The van der Waals surface area contributed by atoms with Crippen LogP contribution in [0.25, 0.3) is 0 Å². The summed E-state index contributed by atoms with van der Waals surface area (Å²) in [5.74, 6) is 0.460. The van der Waals surface area contributed by atoms with E-state index in [1.165, 1.54) is 4.68 Å². The second-order valence-electron chi connectivity index (χ2n) is 7.85. The molecule has 9 heteroatoms. The van der Waals surface area contributed by atoms with Crippen LogP contribution < -0.4 is 10.6 Å². The maximum atomic E-state index is 12.7. The first-order chi connectivity index (χ1) is 15.2. The Bertz CT molecular complexity index is 1220. The molecule has 0 atom stereocenters. The van der Waals surface area contributed by atoms with Gasteiger partial charge in [-0.3, -0.25) is 9.59 Å². The molecule has 32 heavy (non-hydrogen) atoms. The Hall–Kier alpha value is -2.53. The van der Waals surface area contributed by atoms with E-state index in [-0.39, 0.29) is 30.8 Å². The van der Waals surface area contributed by atoms with Crippen LogP contribution in [-0.4, -0.2) is 26.2 Å². The van der Waals surface area contributed by atoms with Gasteiger partial charge >= 0.3 is 0 Å². The third kappa shape index (κ3) is 5.63. The van der Waals surface area contributed by atoms with Gasteiger partial charge in [-0.25, -0.2) is 4.68 Å². The van der Waals surface area contributed by atoms with Crippen molar-refractivity contribution in [3.8, 4) is 0 Å². The summed E-state index contributed by atoms with van der Waals surface area (Å²) in [6, 6.07) is 13.3. The lowest BCUT2D eigenvalue weighted by molar-refractivity contribution is -0.116. The monoisotopic (exact) mass is 563 g/mol. The van der Waals surface area contributed by atoms with Gasteiger partial charge in [0.15, 0.2) is 10.6 Å². The van der Waals surface area contributed by atoms with Crippen molar-refractivity contribution in [2.24, 2.45) is 7.05 Å². The Morgan fingerprint density at radius 3 is 2.59 bits per heavy atom. The number of hydrogen-bond acceptors (Lipinski definition) is 4. The number of carbonyl (C=O) groups excluding carboxylic acids is 2. The van der Waals surface area contributed by atoms with E-state index in [2.05, 4.69) is 58.2 Å². The molecule has 1 heterocycles. The summed E-state index contributed by atoms with van der Waals surface area (Å²) in [4.78, 5) is 25.2. The average molecular weight is 563 g/mol. The Balaban J connectivity index is 1.69. The largest absolute Gasteiger partial charge is 0.345 e. The highest BCUT2D eigenvalue weighted by Crippen LogP contribution is 2.26. The number of anilines is 1. The normalized spacial score (nSPS) is 10.9. The number of amides is 2. The van der Waals surface area contributed by atoms with Crippen LogP contribution in [0.4, 0.5) is 5.69 Å². The zero-order valence-corrected chi connectivity index (χ0v) is 21.5. The SMILES string of the molecule is Cc1ccccc1C(=O)NCc1nn(CC(=O)Nc2ccc(I)cc2C(C)C)c(=S)n1C. The summed E-state index contributed by atoms with van der Waals surface area (Å²) in [5.41, 5.74) is 3.39. The lowest BCUT2D eigenvalue weighted by atomic mass is 10.0. The molecular formula is C23H26IN5O2S. The van der Waals surface area contributed by atoms with Gasteiger partial charge in [-0.15, -0.1) is 0 Å². The van der Waals surface area contributed by atoms with Crippen LogP contribution in [0.2, 0.25) is 0 Å². The molecule has 2 N–H and O–H groups in total. The molecule has 2 amide bonds. The molecule has 0 radical (unpaired) electrons. The Labute approximate surface area is 206 Å². The maximum absolute atomic E-state index is 12.7. The number of halogens is 1. The van der Waals surface area contributed by atoms with Crippen molar-refractivity contribution >= 4 is 52.3 Å². The molecular weight excluding hydrogens is 537 g/mol. The standard InChI is InChI=1S/C23H26IN5O2S/c1-14(2)18-11-16(24)9-10-19(18)26-21(30)13-29-23(32)28(4)20(27-29)12-25-22(31)17-8-6-5-7-15(17)3/h5-11,14H,12-13H2,1-4H3,(H,25,31)(H,26,30). The number of aryl methyl sites for hydroxylation is 1. The highest BCUT2D eigenvalue weighted by molar-refractivity contribution is 14.1. The van der Waals surface area contributed by atoms with Crippen molar-refractivity contribution in [1.82, 2.24) is 19.7 Å². The topological polar surface area (TPSA) is 80.9 Å². The first-order valence-electron chi connectivity index (χ1n) is 10.2. The van der Waals surface area contributed by atoms with E-state index < -0.39 is 0 Å². The van der Waals surface area contributed by atoms with Gasteiger partial charge in [-0.05, 0) is 83.0 Å². The van der Waals surface area contributed by atoms with Crippen LogP contribution in [-0.2, 0) is 24.9 Å². The summed E-state index contributed by atoms with van der Waals surface area (Å²) in [6.45, 7) is 6.27. The summed E-state index contributed by atoms with van der Waals surface area (Å²) in [5, 5.41) is 10.3. The smallest absolute Gasteiger partial charge is 0.251 e. The van der Waals surface area contributed by atoms with E-state index >= 15 is 0 Å². The lowest BCUT2D eigenvalue weighted by Gasteiger charge is -2.14. The van der Waals surface area contributed by atoms with Crippen LogP contribution in [0, 0.1) is 15.3 Å². The van der Waals surface area contributed by atoms with Crippen molar-refractivity contribution in [2.75, 3.05) is 5.32 Å². The Kier molecular flexibility index (Phi) is 7.83. The van der Waals surface area contributed by atoms with Crippen LogP contribution in [0.15, 0.2) is 42.5 Å². The van der Waals surface area contributed by atoms with Gasteiger partial charge in [0.1, 0.15) is 6.54 Å². The minimum Gasteiger partial charge on any atom is -0.345 e. The minimum absolute atomic E-state index is 0.0120. The summed E-state index contributed by atoms with van der Waals surface area (Å²) in [7, 11) is 1.77. The number of benzene rings is 2. The zero-order valence-electron chi connectivity index (χ0n) is 18.5. The quantitative estimate of drug-likeness (QED) is 0.327. The average Bonchev–Trinajstić information content (AvgIpc) is 3.01. The van der Waals surface area contributed by atoms with Crippen molar-refractivity contribution < 1.29 is 9.59 Å². The number of nitrogens with one attached hydrogen (secondary N) is 2. The molecule has 0 unspecified atom stereocenters. The molecule has 0 aliphatic rings. The predicted octanol–water partition coefficient (Wildman–Crippen LogP) is 4.56. The molecule has 3 aromatic rings. The number of carbonyl (C=O) groups is 2. The molecule has 0 fully saturated rings. The molecule has 3 rings (SSSR count). The van der Waals surface area contributed by atoms with Gasteiger partial charge in [0.2, 0.25) is 5.91 Å². The lowest BCUT2D eigenvalue weighted by Crippen LogP contribution is -2.25. The first-order valence-corrected chi connectivity index (χ1v) is 11.7. The van der Waals surface area contributed by atoms with E-state index in [1.54, 1.807) is 17.7 Å². The second-order valence-corrected chi connectivity index (χ2v) is 9.46. The van der Waals surface area contributed by atoms with E-state index in [1.807, 2.05) is 37.3 Å². The fourth-order valence-electron chi connectivity index (χ4n) is 3.32. The van der Waals surface area contributed by atoms with E-state index in [4.69, 9.17) is 12.2 Å². The van der Waals surface area contributed by atoms with Gasteiger partial charge in [0.05, 0.1) is 6.54 Å². The van der Waals surface area contributed by atoms with Gasteiger partial charge < -0.3 is 15.2 Å². The number of rotatable bonds is 7. The van der Waals surface area contributed by atoms with E-state index in [0.29, 0.717) is 16.2 Å². The molecule has 0 saturated heterocycles. The third-order valence-corrected chi connectivity index (χ3v) is 6.29. The first kappa shape index (κ1) is 24.1. The van der Waals surface area contributed by atoms with Gasteiger partial charge in [-0.1, -0.05) is 32.0 Å². The van der Waals surface area contributed by atoms with Crippen molar-refractivity contribution in [1.29, 1.82) is 0 Å². The van der Waals surface area contributed by atoms with Gasteiger partial charge in [0.25, 0.3) is 5.91 Å². The van der Waals surface area contributed by atoms with E-state index in [0.717, 1.165) is 20.4 Å². The zero-order chi connectivity index (χ0) is 23.4. The fourth-order valence-corrected chi connectivity index (χ4v) is 4.05. The number of nitrogens with zero attached hydrogens (tertiary/aromatic N) is 3. The van der Waals surface area contributed by atoms with Gasteiger partial charge in [0, 0.05) is 21.9 Å². The van der Waals surface area contributed by atoms with E-state index in [9.17, 15) is 9.59 Å². The molecule has 1 aromatic heterocycles. The highest BCUT2D eigenvalue weighted by Gasteiger charge is 2.15. The third-order valence-electron chi connectivity index (χ3n) is 5.13. The Morgan fingerprint density at radius 1 is 1.19 bits per heavy atom. The molecule has 7 nitrogen and oxygen atoms in total. The highest BCUT2D eigenvalue weighted by atomic mass is 127. The summed E-state index contributed by atoms with van der Waals surface area (Å²) >= 11 is 7.71. The summed E-state index contributed by atoms with van der Waals surface area (Å²) in [6.07, 6.45) is 0. The van der Waals surface area contributed by atoms with Crippen LogP contribution in [0.5, 0.6) is 0 Å². The summed E-state index contributed by atoms with van der Waals surface area (Å²) < 4.78 is 4.70. The number of hydrogen-bond donors (Lipinski definition) is 2. The van der Waals surface area contributed by atoms with Crippen LogP contribution in [0.1, 0.15) is 47.1 Å². The fraction of sp³-hybridized carbons (Fsp3) is 0.304. The minimum atomic E-state index is -0.210. The molecule has 2 aromatic carbocycles. The number of aromatic nitrogens is 3. The molecule has 0 spiro atoms. The predicted molar refractivity (Wildman–Crippen MR) is 136 cm³/mol. The molecule has 0 bridgehead atoms. The van der Waals surface area contributed by atoms with Gasteiger partial charge in [-0.2, -0.15) is 5.10 Å².